The summed E-state index contributed by atoms with van der Waals surface area (Å²) in [7, 11) is 0. The molecule has 4 nitrogen and oxygen atoms in total. The molecule has 5 heteroatoms. The predicted octanol–water partition coefficient (Wildman–Crippen LogP) is 0.446. The molecule has 0 bridgehead atoms. The number of halogens is 1. The molecule has 1 aliphatic rings. The Morgan fingerprint density at radius 2 is 2.56 bits per heavy atom. The SMILES string of the molecule is O=C(NCc1ncccc1F)C1CCNC1. The van der Waals surface area contributed by atoms with Crippen molar-refractivity contribution in [3.63, 3.8) is 0 Å². The van der Waals surface area contributed by atoms with Gasteiger partial charge in [-0.05, 0) is 25.1 Å². The van der Waals surface area contributed by atoms with E-state index in [1.54, 1.807) is 0 Å². The summed E-state index contributed by atoms with van der Waals surface area (Å²) in [5, 5.41) is 5.81. The molecule has 1 unspecified atom stereocenters. The Hall–Kier alpha value is -1.49. The second-order valence-corrected chi connectivity index (χ2v) is 3.84. The van der Waals surface area contributed by atoms with E-state index in [2.05, 4.69) is 15.6 Å². The third-order valence-corrected chi connectivity index (χ3v) is 2.70. The van der Waals surface area contributed by atoms with Gasteiger partial charge < -0.3 is 10.6 Å². The summed E-state index contributed by atoms with van der Waals surface area (Å²) in [5.74, 6) is -0.408. The molecule has 1 fully saturated rings. The van der Waals surface area contributed by atoms with Crippen LogP contribution in [0.4, 0.5) is 4.39 Å². The van der Waals surface area contributed by atoms with Crippen molar-refractivity contribution in [2.24, 2.45) is 5.92 Å². The molecule has 2 heterocycles. The average Bonchev–Trinajstić information content (AvgIpc) is 2.81. The Morgan fingerprint density at radius 1 is 1.69 bits per heavy atom. The van der Waals surface area contributed by atoms with E-state index in [0.717, 1.165) is 13.0 Å². The van der Waals surface area contributed by atoms with E-state index in [-0.39, 0.29) is 29.9 Å². The number of pyridine rings is 1. The van der Waals surface area contributed by atoms with Gasteiger partial charge in [0.1, 0.15) is 5.82 Å². The quantitative estimate of drug-likeness (QED) is 0.782. The molecule has 16 heavy (non-hydrogen) atoms. The van der Waals surface area contributed by atoms with E-state index in [9.17, 15) is 9.18 Å². The molecule has 0 radical (unpaired) electrons. The number of carbonyl (C=O) groups excluding carboxylic acids is 1. The Morgan fingerprint density at radius 3 is 3.25 bits per heavy atom. The lowest BCUT2D eigenvalue weighted by atomic mass is 10.1. The van der Waals surface area contributed by atoms with Crippen molar-refractivity contribution in [3.05, 3.63) is 29.8 Å². The van der Waals surface area contributed by atoms with Crippen LogP contribution in [0.5, 0.6) is 0 Å². The van der Waals surface area contributed by atoms with E-state index in [4.69, 9.17) is 0 Å². The zero-order chi connectivity index (χ0) is 11.4. The minimum atomic E-state index is -0.382. The predicted molar refractivity (Wildman–Crippen MR) is 57.0 cm³/mol. The molecule has 1 aliphatic heterocycles. The van der Waals surface area contributed by atoms with Gasteiger partial charge in [0.25, 0.3) is 0 Å². The van der Waals surface area contributed by atoms with Gasteiger partial charge in [-0.15, -0.1) is 0 Å². The molecule has 1 aromatic rings. The topological polar surface area (TPSA) is 54.0 Å². The summed E-state index contributed by atoms with van der Waals surface area (Å²) in [6.45, 7) is 1.73. The van der Waals surface area contributed by atoms with Gasteiger partial charge in [-0.1, -0.05) is 0 Å². The maximum absolute atomic E-state index is 13.2. The van der Waals surface area contributed by atoms with E-state index in [1.165, 1.54) is 18.3 Å². The highest BCUT2D eigenvalue weighted by Crippen LogP contribution is 2.08. The minimum absolute atomic E-state index is 0.00627. The van der Waals surface area contributed by atoms with Crippen LogP contribution in [-0.4, -0.2) is 24.0 Å². The van der Waals surface area contributed by atoms with Gasteiger partial charge in [0.2, 0.25) is 5.91 Å². The van der Waals surface area contributed by atoms with Crippen LogP contribution in [0, 0.1) is 11.7 Å². The Labute approximate surface area is 93.3 Å². The van der Waals surface area contributed by atoms with E-state index in [1.807, 2.05) is 0 Å². The lowest BCUT2D eigenvalue weighted by molar-refractivity contribution is -0.124. The van der Waals surface area contributed by atoms with Crippen molar-refractivity contribution in [1.29, 1.82) is 0 Å². The second kappa shape index (κ2) is 5.03. The van der Waals surface area contributed by atoms with Gasteiger partial charge in [-0.2, -0.15) is 0 Å². The molecular formula is C11H14FN3O. The number of carbonyl (C=O) groups is 1. The molecular weight excluding hydrogens is 209 g/mol. The van der Waals surface area contributed by atoms with Crippen molar-refractivity contribution < 1.29 is 9.18 Å². The minimum Gasteiger partial charge on any atom is -0.350 e. The fraction of sp³-hybridized carbons (Fsp3) is 0.455. The van der Waals surface area contributed by atoms with E-state index in [0.29, 0.717) is 6.54 Å². The molecule has 1 saturated heterocycles. The molecule has 2 N–H and O–H groups in total. The van der Waals surface area contributed by atoms with Crippen LogP contribution in [-0.2, 0) is 11.3 Å². The Kier molecular flexibility index (Phi) is 3.46. The summed E-state index contributed by atoms with van der Waals surface area (Å²) in [5.41, 5.74) is 0.279. The van der Waals surface area contributed by atoms with Crippen LogP contribution < -0.4 is 10.6 Å². The van der Waals surface area contributed by atoms with Crippen molar-refractivity contribution in [3.8, 4) is 0 Å². The van der Waals surface area contributed by atoms with Crippen molar-refractivity contribution in [1.82, 2.24) is 15.6 Å². The largest absolute Gasteiger partial charge is 0.350 e. The van der Waals surface area contributed by atoms with Gasteiger partial charge in [0, 0.05) is 12.7 Å². The Balaban J connectivity index is 1.87. The molecule has 0 aliphatic carbocycles. The number of rotatable bonds is 3. The van der Waals surface area contributed by atoms with Gasteiger partial charge in [-0.25, -0.2) is 4.39 Å². The van der Waals surface area contributed by atoms with Crippen molar-refractivity contribution in [2.75, 3.05) is 13.1 Å². The van der Waals surface area contributed by atoms with Gasteiger partial charge in [0.15, 0.2) is 0 Å². The smallest absolute Gasteiger partial charge is 0.224 e. The summed E-state index contributed by atoms with van der Waals surface area (Å²) >= 11 is 0. The highest BCUT2D eigenvalue weighted by Gasteiger charge is 2.22. The molecule has 2 rings (SSSR count). The average molecular weight is 223 g/mol. The number of hydrogen-bond donors (Lipinski definition) is 2. The lowest BCUT2D eigenvalue weighted by Gasteiger charge is -2.09. The summed E-state index contributed by atoms with van der Waals surface area (Å²) in [6.07, 6.45) is 2.36. The Bertz CT molecular complexity index is 377. The lowest BCUT2D eigenvalue weighted by Crippen LogP contribution is -2.31. The van der Waals surface area contributed by atoms with Crippen LogP contribution >= 0.6 is 0 Å². The third kappa shape index (κ3) is 2.55. The normalized spacial score (nSPS) is 19.7. The molecule has 0 spiro atoms. The van der Waals surface area contributed by atoms with Crippen LogP contribution in [0.15, 0.2) is 18.3 Å². The van der Waals surface area contributed by atoms with Crippen LogP contribution in [0.25, 0.3) is 0 Å². The number of amides is 1. The standard InChI is InChI=1S/C11H14FN3O/c12-9-2-1-4-14-10(9)7-15-11(16)8-3-5-13-6-8/h1-2,4,8,13H,3,5-7H2,(H,15,16). The fourth-order valence-corrected chi connectivity index (χ4v) is 1.74. The van der Waals surface area contributed by atoms with Crippen LogP contribution in [0.1, 0.15) is 12.1 Å². The fourth-order valence-electron chi connectivity index (χ4n) is 1.74. The number of aromatic nitrogens is 1. The maximum Gasteiger partial charge on any atom is 0.224 e. The highest BCUT2D eigenvalue weighted by atomic mass is 19.1. The first-order valence-corrected chi connectivity index (χ1v) is 5.35. The molecule has 0 saturated carbocycles. The van der Waals surface area contributed by atoms with Gasteiger partial charge in [-0.3, -0.25) is 9.78 Å². The van der Waals surface area contributed by atoms with E-state index >= 15 is 0 Å². The monoisotopic (exact) mass is 223 g/mol. The number of nitrogens with one attached hydrogen (secondary N) is 2. The van der Waals surface area contributed by atoms with E-state index < -0.39 is 0 Å². The first kappa shape index (κ1) is 11.0. The van der Waals surface area contributed by atoms with Crippen molar-refractivity contribution in [2.45, 2.75) is 13.0 Å². The summed E-state index contributed by atoms with van der Waals surface area (Å²) < 4.78 is 13.2. The molecule has 0 aromatic carbocycles. The van der Waals surface area contributed by atoms with Gasteiger partial charge >= 0.3 is 0 Å². The summed E-state index contributed by atoms with van der Waals surface area (Å²) in [4.78, 5) is 15.5. The third-order valence-electron chi connectivity index (χ3n) is 2.70. The zero-order valence-corrected chi connectivity index (χ0v) is 8.87. The molecule has 86 valence electrons. The van der Waals surface area contributed by atoms with Crippen LogP contribution in [0.2, 0.25) is 0 Å². The summed E-state index contributed by atoms with van der Waals surface area (Å²) in [6, 6.07) is 2.87. The molecule has 1 atom stereocenters. The van der Waals surface area contributed by atoms with Crippen LogP contribution in [0.3, 0.4) is 0 Å². The first-order valence-electron chi connectivity index (χ1n) is 5.35. The first-order chi connectivity index (χ1) is 7.77. The van der Waals surface area contributed by atoms with Gasteiger partial charge in [0.05, 0.1) is 18.2 Å². The highest BCUT2D eigenvalue weighted by molar-refractivity contribution is 5.79. The molecule has 1 amide bonds. The molecule has 1 aromatic heterocycles. The van der Waals surface area contributed by atoms with Crippen molar-refractivity contribution >= 4 is 5.91 Å². The second-order valence-electron chi connectivity index (χ2n) is 3.84. The number of hydrogen-bond acceptors (Lipinski definition) is 3. The zero-order valence-electron chi connectivity index (χ0n) is 8.87. The maximum atomic E-state index is 13.2. The number of nitrogens with zero attached hydrogens (tertiary/aromatic N) is 1.